The SMILES string of the molecule is Cc1cccc[n+]1CC(=O)Nc1cccc2ccccc12. The van der Waals surface area contributed by atoms with Gasteiger partial charge in [0.15, 0.2) is 11.9 Å². The fourth-order valence-electron chi connectivity index (χ4n) is 2.42. The van der Waals surface area contributed by atoms with Crippen molar-refractivity contribution in [3.05, 3.63) is 72.6 Å². The van der Waals surface area contributed by atoms with Gasteiger partial charge in [0.2, 0.25) is 6.54 Å². The Bertz CT molecular complexity index is 791. The molecule has 3 nitrogen and oxygen atoms in total. The topological polar surface area (TPSA) is 33.0 Å². The number of carbonyl (C=O) groups excluding carboxylic acids is 1. The van der Waals surface area contributed by atoms with Crippen LogP contribution in [0.5, 0.6) is 0 Å². The molecular formula is C18H17N2O+. The van der Waals surface area contributed by atoms with Crippen molar-refractivity contribution in [2.45, 2.75) is 13.5 Å². The second-order valence-corrected chi connectivity index (χ2v) is 5.04. The minimum absolute atomic E-state index is 0.0225. The van der Waals surface area contributed by atoms with Gasteiger partial charge in [0.05, 0.1) is 0 Å². The third kappa shape index (κ3) is 2.92. The van der Waals surface area contributed by atoms with Crippen LogP contribution in [0.4, 0.5) is 5.69 Å². The van der Waals surface area contributed by atoms with E-state index in [2.05, 4.69) is 5.32 Å². The number of nitrogens with one attached hydrogen (secondary N) is 1. The molecule has 1 amide bonds. The number of pyridine rings is 1. The number of hydrogen-bond acceptors (Lipinski definition) is 1. The van der Waals surface area contributed by atoms with Crippen LogP contribution in [0.2, 0.25) is 0 Å². The summed E-state index contributed by atoms with van der Waals surface area (Å²) in [5.41, 5.74) is 1.91. The third-order valence-corrected chi connectivity index (χ3v) is 3.55. The highest BCUT2D eigenvalue weighted by Gasteiger charge is 2.12. The Morgan fingerprint density at radius 1 is 1.00 bits per heavy atom. The minimum Gasteiger partial charge on any atom is -0.320 e. The van der Waals surface area contributed by atoms with Crippen molar-refractivity contribution in [2.75, 3.05) is 5.32 Å². The van der Waals surface area contributed by atoms with E-state index in [-0.39, 0.29) is 5.91 Å². The van der Waals surface area contributed by atoms with Crippen LogP contribution in [0.3, 0.4) is 0 Å². The molecule has 1 aromatic heterocycles. The lowest BCUT2D eigenvalue weighted by molar-refractivity contribution is -0.690. The van der Waals surface area contributed by atoms with E-state index in [1.165, 1.54) is 0 Å². The maximum absolute atomic E-state index is 12.2. The molecule has 0 spiro atoms. The number of fused-ring (bicyclic) bond motifs is 1. The van der Waals surface area contributed by atoms with Gasteiger partial charge in [-0.15, -0.1) is 0 Å². The highest BCUT2D eigenvalue weighted by molar-refractivity contribution is 6.01. The molecule has 0 aliphatic rings. The van der Waals surface area contributed by atoms with E-state index in [9.17, 15) is 4.79 Å². The molecule has 0 radical (unpaired) electrons. The Kier molecular flexibility index (Phi) is 3.65. The summed E-state index contributed by atoms with van der Waals surface area (Å²) < 4.78 is 1.93. The number of aromatic nitrogens is 1. The first-order chi connectivity index (χ1) is 10.2. The number of rotatable bonds is 3. The molecule has 0 saturated heterocycles. The average molecular weight is 277 g/mol. The molecular weight excluding hydrogens is 260 g/mol. The van der Waals surface area contributed by atoms with Crippen LogP contribution in [0, 0.1) is 6.92 Å². The van der Waals surface area contributed by atoms with Crippen molar-refractivity contribution in [1.29, 1.82) is 0 Å². The number of nitrogens with zero attached hydrogens (tertiary/aromatic N) is 1. The zero-order chi connectivity index (χ0) is 14.7. The number of hydrogen-bond donors (Lipinski definition) is 1. The van der Waals surface area contributed by atoms with Crippen LogP contribution >= 0.6 is 0 Å². The fourth-order valence-corrected chi connectivity index (χ4v) is 2.42. The van der Waals surface area contributed by atoms with Gasteiger partial charge in [-0.05, 0) is 11.5 Å². The van der Waals surface area contributed by atoms with Crippen molar-refractivity contribution < 1.29 is 9.36 Å². The maximum Gasteiger partial charge on any atom is 0.290 e. The molecule has 2 aromatic carbocycles. The fraction of sp³-hybridized carbons (Fsp3) is 0.111. The molecule has 0 aliphatic carbocycles. The number of anilines is 1. The zero-order valence-corrected chi connectivity index (χ0v) is 11.9. The van der Waals surface area contributed by atoms with E-state index in [4.69, 9.17) is 0 Å². The smallest absolute Gasteiger partial charge is 0.290 e. The van der Waals surface area contributed by atoms with Crippen molar-refractivity contribution in [3.8, 4) is 0 Å². The average Bonchev–Trinajstić information content (AvgIpc) is 2.50. The van der Waals surface area contributed by atoms with Crippen LogP contribution in [-0.4, -0.2) is 5.91 Å². The molecule has 0 fully saturated rings. The second-order valence-electron chi connectivity index (χ2n) is 5.04. The van der Waals surface area contributed by atoms with Crippen molar-refractivity contribution in [1.82, 2.24) is 0 Å². The van der Waals surface area contributed by atoms with Gasteiger partial charge in [0.1, 0.15) is 0 Å². The van der Waals surface area contributed by atoms with Gasteiger partial charge in [0.25, 0.3) is 5.91 Å². The maximum atomic E-state index is 12.2. The number of aryl methyl sites for hydroxylation is 1. The number of carbonyl (C=O) groups is 1. The van der Waals surface area contributed by atoms with Crippen molar-refractivity contribution in [2.24, 2.45) is 0 Å². The van der Waals surface area contributed by atoms with E-state index in [1.54, 1.807) is 0 Å². The monoisotopic (exact) mass is 277 g/mol. The second kappa shape index (κ2) is 5.75. The van der Waals surface area contributed by atoms with Gasteiger partial charge >= 0.3 is 0 Å². The predicted octanol–water partition coefficient (Wildman–Crippen LogP) is 3.07. The van der Waals surface area contributed by atoms with E-state index >= 15 is 0 Å². The lowest BCUT2D eigenvalue weighted by atomic mass is 10.1. The lowest BCUT2D eigenvalue weighted by Gasteiger charge is -2.07. The van der Waals surface area contributed by atoms with Crippen LogP contribution in [0.25, 0.3) is 10.8 Å². The van der Waals surface area contributed by atoms with Gasteiger partial charge in [-0.25, -0.2) is 0 Å². The molecule has 3 heteroatoms. The molecule has 1 N–H and O–H groups in total. The summed E-state index contributed by atoms with van der Waals surface area (Å²) in [7, 11) is 0. The van der Waals surface area contributed by atoms with Crippen molar-refractivity contribution in [3.63, 3.8) is 0 Å². The molecule has 0 saturated carbocycles. The molecule has 0 aliphatic heterocycles. The summed E-state index contributed by atoms with van der Waals surface area (Å²) in [6.45, 7) is 2.31. The van der Waals surface area contributed by atoms with Crippen LogP contribution in [0.1, 0.15) is 5.69 Å². The van der Waals surface area contributed by atoms with Gasteiger partial charge in [0, 0.05) is 30.1 Å². The largest absolute Gasteiger partial charge is 0.320 e. The van der Waals surface area contributed by atoms with Crippen molar-refractivity contribution >= 4 is 22.4 Å². The van der Waals surface area contributed by atoms with Gasteiger partial charge in [-0.2, -0.15) is 4.57 Å². The molecule has 0 unspecified atom stereocenters. The van der Waals surface area contributed by atoms with Gasteiger partial charge in [-0.1, -0.05) is 42.5 Å². The highest BCUT2D eigenvalue weighted by atomic mass is 16.1. The molecule has 1 heterocycles. The minimum atomic E-state index is -0.0225. The Morgan fingerprint density at radius 2 is 1.76 bits per heavy atom. The zero-order valence-electron chi connectivity index (χ0n) is 11.9. The van der Waals surface area contributed by atoms with Gasteiger partial charge in [-0.3, -0.25) is 4.79 Å². The van der Waals surface area contributed by atoms with Crippen LogP contribution < -0.4 is 9.88 Å². The lowest BCUT2D eigenvalue weighted by Crippen LogP contribution is -2.42. The van der Waals surface area contributed by atoms with E-state index in [1.807, 2.05) is 78.4 Å². The molecule has 0 atom stereocenters. The molecule has 3 aromatic rings. The summed E-state index contributed by atoms with van der Waals surface area (Å²) in [5.74, 6) is -0.0225. The first-order valence-electron chi connectivity index (χ1n) is 6.97. The van der Waals surface area contributed by atoms with Gasteiger partial charge < -0.3 is 5.32 Å². The molecule has 3 rings (SSSR count). The summed E-state index contributed by atoms with van der Waals surface area (Å²) in [6, 6.07) is 19.9. The summed E-state index contributed by atoms with van der Waals surface area (Å²) in [4.78, 5) is 12.2. The van der Waals surface area contributed by atoms with E-state index in [0.29, 0.717) is 6.54 Å². The normalized spacial score (nSPS) is 10.5. The summed E-state index contributed by atoms with van der Waals surface area (Å²) in [5, 5.41) is 5.18. The molecule has 104 valence electrons. The van der Waals surface area contributed by atoms with E-state index in [0.717, 1.165) is 22.2 Å². The third-order valence-electron chi connectivity index (χ3n) is 3.55. The molecule has 21 heavy (non-hydrogen) atoms. The Hall–Kier alpha value is -2.68. The first-order valence-corrected chi connectivity index (χ1v) is 6.97. The molecule has 0 bridgehead atoms. The summed E-state index contributed by atoms with van der Waals surface area (Å²) in [6.07, 6.45) is 1.91. The first kappa shape index (κ1) is 13.3. The number of benzene rings is 2. The standard InChI is InChI=1S/C18H16N2O/c1-14-7-4-5-12-20(14)13-18(21)19-17-11-6-9-15-8-2-3-10-16(15)17/h2-12H,13H2,1H3/p+1. The van der Waals surface area contributed by atoms with E-state index < -0.39 is 0 Å². The Labute approximate surface area is 123 Å². The van der Waals surface area contributed by atoms with Crippen LogP contribution in [-0.2, 0) is 11.3 Å². The summed E-state index contributed by atoms with van der Waals surface area (Å²) >= 11 is 0. The Morgan fingerprint density at radius 3 is 2.62 bits per heavy atom. The quantitative estimate of drug-likeness (QED) is 0.733. The Balaban J connectivity index is 1.82. The predicted molar refractivity (Wildman–Crippen MR) is 84.0 cm³/mol. The highest BCUT2D eigenvalue weighted by Crippen LogP contribution is 2.22. The van der Waals surface area contributed by atoms with Crippen LogP contribution in [0.15, 0.2) is 66.9 Å². The number of amides is 1.